The van der Waals surface area contributed by atoms with Gasteiger partial charge in [0.05, 0.1) is 11.1 Å². The Morgan fingerprint density at radius 2 is 1.88 bits per heavy atom. The molecular formula is C16H28Cl2N4O3. The SMILES string of the molecule is Cc1cc(CN2CCN(C(=O)C3(CN)CCOCC3)CC2)no1.Cl.Cl. The van der Waals surface area contributed by atoms with Gasteiger partial charge in [-0.25, -0.2) is 0 Å². The number of aryl methyl sites for hydroxylation is 1. The summed E-state index contributed by atoms with van der Waals surface area (Å²) in [5, 5.41) is 4.03. The van der Waals surface area contributed by atoms with Gasteiger partial charge in [0, 0.05) is 58.5 Å². The minimum atomic E-state index is -0.413. The molecule has 1 aromatic rings. The summed E-state index contributed by atoms with van der Waals surface area (Å²) >= 11 is 0. The number of carbonyl (C=O) groups is 1. The van der Waals surface area contributed by atoms with Crippen molar-refractivity contribution < 1.29 is 14.1 Å². The maximum atomic E-state index is 12.9. The highest BCUT2D eigenvalue weighted by atomic mass is 35.5. The Morgan fingerprint density at radius 1 is 1.24 bits per heavy atom. The molecule has 1 amide bonds. The molecule has 0 atom stereocenters. The zero-order chi connectivity index (χ0) is 16.3. The van der Waals surface area contributed by atoms with Crippen LogP contribution in [0.2, 0.25) is 0 Å². The average Bonchev–Trinajstić information content (AvgIpc) is 3.00. The van der Waals surface area contributed by atoms with E-state index in [2.05, 4.69) is 10.1 Å². The maximum absolute atomic E-state index is 12.9. The number of piperazine rings is 1. The molecule has 0 bridgehead atoms. The van der Waals surface area contributed by atoms with Crippen LogP contribution in [0.3, 0.4) is 0 Å². The Morgan fingerprint density at radius 3 is 2.40 bits per heavy atom. The van der Waals surface area contributed by atoms with Crippen molar-refractivity contribution in [1.82, 2.24) is 15.0 Å². The van der Waals surface area contributed by atoms with Crippen LogP contribution < -0.4 is 5.73 Å². The van der Waals surface area contributed by atoms with Crippen LogP contribution in [0.15, 0.2) is 10.6 Å². The fourth-order valence-electron chi connectivity index (χ4n) is 3.43. The fraction of sp³-hybridized carbons (Fsp3) is 0.750. The number of amides is 1. The molecule has 2 aliphatic heterocycles. The third-order valence-corrected chi connectivity index (χ3v) is 5.02. The Balaban J connectivity index is 0.00000156. The lowest BCUT2D eigenvalue weighted by atomic mass is 9.78. The second-order valence-corrected chi connectivity index (χ2v) is 6.59. The van der Waals surface area contributed by atoms with E-state index >= 15 is 0 Å². The highest BCUT2D eigenvalue weighted by Gasteiger charge is 2.42. The minimum Gasteiger partial charge on any atom is -0.381 e. The molecule has 0 spiro atoms. The van der Waals surface area contributed by atoms with E-state index in [4.69, 9.17) is 15.0 Å². The van der Waals surface area contributed by atoms with Crippen molar-refractivity contribution in [2.45, 2.75) is 26.3 Å². The van der Waals surface area contributed by atoms with Gasteiger partial charge in [-0.1, -0.05) is 5.16 Å². The molecule has 0 aromatic carbocycles. The molecule has 25 heavy (non-hydrogen) atoms. The Labute approximate surface area is 161 Å². The van der Waals surface area contributed by atoms with Gasteiger partial charge in [-0.05, 0) is 19.8 Å². The molecule has 0 unspecified atom stereocenters. The monoisotopic (exact) mass is 394 g/mol. The number of carbonyl (C=O) groups excluding carboxylic acids is 1. The van der Waals surface area contributed by atoms with E-state index in [1.54, 1.807) is 0 Å². The number of nitrogens with two attached hydrogens (primary N) is 1. The molecule has 0 aliphatic carbocycles. The highest BCUT2D eigenvalue weighted by Crippen LogP contribution is 2.32. The summed E-state index contributed by atoms with van der Waals surface area (Å²) in [6.45, 7) is 7.55. The highest BCUT2D eigenvalue weighted by molar-refractivity contribution is 5.85. The van der Waals surface area contributed by atoms with Crippen LogP contribution in [0.1, 0.15) is 24.3 Å². The van der Waals surface area contributed by atoms with Gasteiger partial charge in [0.2, 0.25) is 5.91 Å². The van der Waals surface area contributed by atoms with E-state index in [1.165, 1.54) is 0 Å². The Hall–Kier alpha value is -0.860. The standard InChI is InChI=1S/C16H26N4O3.2ClH/c1-13-10-14(18-23-13)11-19-4-6-20(7-5-19)15(21)16(12-17)2-8-22-9-3-16;;/h10H,2-9,11-12,17H2,1H3;2*1H. The van der Waals surface area contributed by atoms with E-state index in [0.29, 0.717) is 19.8 Å². The molecule has 3 heterocycles. The molecule has 1 aromatic heterocycles. The summed E-state index contributed by atoms with van der Waals surface area (Å²) in [6, 6.07) is 1.96. The summed E-state index contributed by atoms with van der Waals surface area (Å²) in [5.74, 6) is 1.04. The van der Waals surface area contributed by atoms with Crippen LogP contribution in [-0.2, 0) is 16.1 Å². The van der Waals surface area contributed by atoms with Crippen LogP contribution in [-0.4, -0.2) is 66.8 Å². The lowest BCUT2D eigenvalue weighted by Crippen LogP contribution is -2.56. The third kappa shape index (κ3) is 5.08. The van der Waals surface area contributed by atoms with Gasteiger partial charge >= 0.3 is 0 Å². The number of nitrogens with zero attached hydrogens (tertiary/aromatic N) is 3. The molecule has 0 saturated carbocycles. The first-order valence-corrected chi connectivity index (χ1v) is 8.35. The van der Waals surface area contributed by atoms with Crippen LogP contribution >= 0.6 is 24.8 Å². The fourth-order valence-corrected chi connectivity index (χ4v) is 3.43. The first-order chi connectivity index (χ1) is 11.1. The number of rotatable bonds is 4. The van der Waals surface area contributed by atoms with Crippen LogP contribution in [0.4, 0.5) is 0 Å². The number of hydrogen-bond acceptors (Lipinski definition) is 6. The topological polar surface area (TPSA) is 84.8 Å². The molecule has 7 nitrogen and oxygen atoms in total. The van der Waals surface area contributed by atoms with E-state index < -0.39 is 5.41 Å². The lowest BCUT2D eigenvalue weighted by Gasteiger charge is -2.42. The summed E-state index contributed by atoms with van der Waals surface area (Å²) < 4.78 is 10.5. The van der Waals surface area contributed by atoms with E-state index in [0.717, 1.165) is 57.0 Å². The van der Waals surface area contributed by atoms with Crippen LogP contribution in [0.25, 0.3) is 0 Å². The van der Waals surface area contributed by atoms with Crippen molar-refractivity contribution in [3.63, 3.8) is 0 Å². The summed E-state index contributed by atoms with van der Waals surface area (Å²) in [5.41, 5.74) is 6.48. The molecule has 2 fully saturated rings. The second kappa shape index (κ2) is 9.73. The first-order valence-electron chi connectivity index (χ1n) is 8.35. The van der Waals surface area contributed by atoms with Crippen molar-refractivity contribution in [2.24, 2.45) is 11.1 Å². The molecule has 144 valence electrons. The van der Waals surface area contributed by atoms with Gasteiger partial charge in [0.15, 0.2) is 0 Å². The van der Waals surface area contributed by atoms with Gasteiger partial charge in [-0.3, -0.25) is 9.69 Å². The Bertz CT molecular complexity index is 541. The summed E-state index contributed by atoms with van der Waals surface area (Å²) in [4.78, 5) is 17.2. The molecule has 3 rings (SSSR count). The minimum absolute atomic E-state index is 0. The molecular weight excluding hydrogens is 367 g/mol. The number of halogens is 2. The zero-order valence-corrected chi connectivity index (χ0v) is 16.2. The molecule has 2 aliphatic rings. The number of aromatic nitrogens is 1. The van der Waals surface area contributed by atoms with E-state index in [1.807, 2.05) is 17.9 Å². The third-order valence-electron chi connectivity index (χ3n) is 5.02. The number of ether oxygens (including phenoxy) is 1. The first kappa shape index (κ1) is 22.2. The van der Waals surface area contributed by atoms with Crippen molar-refractivity contribution in [3.8, 4) is 0 Å². The predicted molar refractivity (Wildman–Crippen MR) is 99.1 cm³/mol. The van der Waals surface area contributed by atoms with Crippen LogP contribution in [0, 0.1) is 12.3 Å². The molecule has 2 N–H and O–H groups in total. The average molecular weight is 395 g/mol. The smallest absolute Gasteiger partial charge is 0.230 e. The van der Waals surface area contributed by atoms with Crippen molar-refractivity contribution >= 4 is 30.7 Å². The molecule has 0 radical (unpaired) electrons. The maximum Gasteiger partial charge on any atom is 0.230 e. The van der Waals surface area contributed by atoms with Crippen molar-refractivity contribution in [3.05, 3.63) is 17.5 Å². The number of hydrogen-bond donors (Lipinski definition) is 1. The van der Waals surface area contributed by atoms with Gasteiger partial charge in [-0.2, -0.15) is 0 Å². The van der Waals surface area contributed by atoms with Crippen molar-refractivity contribution in [2.75, 3.05) is 45.9 Å². The second-order valence-electron chi connectivity index (χ2n) is 6.59. The molecule has 9 heteroatoms. The van der Waals surface area contributed by atoms with Gasteiger partial charge in [-0.15, -0.1) is 24.8 Å². The predicted octanol–water partition coefficient (Wildman–Crippen LogP) is 1.23. The normalized spacial score (nSPS) is 20.5. The van der Waals surface area contributed by atoms with Crippen LogP contribution in [0.5, 0.6) is 0 Å². The van der Waals surface area contributed by atoms with Gasteiger partial charge < -0.3 is 19.9 Å². The lowest BCUT2D eigenvalue weighted by molar-refractivity contribution is -0.149. The summed E-state index contributed by atoms with van der Waals surface area (Å²) in [7, 11) is 0. The van der Waals surface area contributed by atoms with Crippen molar-refractivity contribution in [1.29, 1.82) is 0 Å². The quantitative estimate of drug-likeness (QED) is 0.826. The van der Waals surface area contributed by atoms with E-state index in [9.17, 15) is 4.79 Å². The molecule has 2 saturated heterocycles. The van der Waals surface area contributed by atoms with Gasteiger partial charge in [0.1, 0.15) is 5.76 Å². The Kier molecular flexibility index (Phi) is 8.63. The summed E-state index contributed by atoms with van der Waals surface area (Å²) in [6.07, 6.45) is 1.47. The van der Waals surface area contributed by atoms with Gasteiger partial charge in [0.25, 0.3) is 0 Å². The zero-order valence-electron chi connectivity index (χ0n) is 14.6. The van der Waals surface area contributed by atoms with E-state index in [-0.39, 0.29) is 30.7 Å². The largest absolute Gasteiger partial charge is 0.381 e.